The third-order valence-corrected chi connectivity index (χ3v) is 3.21. The summed E-state index contributed by atoms with van der Waals surface area (Å²) in [6, 6.07) is 4.97. The van der Waals surface area contributed by atoms with E-state index in [-0.39, 0.29) is 17.2 Å². The summed E-state index contributed by atoms with van der Waals surface area (Å²) in [5.41, 5.74) is 0.680. The van der Waals surface area contributed by atoms with Crippen molar-refractivity contribution in [2.75, 3.05) is 18.2 Å². The summed E-state index contributed by atoms with van der Waals surface area (Å²) in [5.74, 6) is 5.55. The molecule has 0 bridgehead atoms. The second-order valence-electron chi connectivity index (χ2n) is 4.74. The van der Waals surface area contributed by atoms with Crippen LogP contribution >= 0.6 is 11.6 Å². The van der Waals surface area contributed by atoms with Gasteiger partial charge in [0.1, 0.15) is 17.4 Å². The summed E-state index contributed by atoms with van der Waals surface area (Å²) in [6.07, 6.45) is 0.121. The first-order chi connectivity index (χ1) is 11.8. The maximum atomic E-state index is 11.9. The Balaban J connectivity index is 3.07. The zero-order chi connectivity index (χ0) is 19.0. The molecule has 0 saturated heterocycles. The number of nitrogens with two attached hydrogens (primary N) is 1. The molecule has 0 heterocycles. The topological polar surface area (TPSA) is 118 Å². The van der Waals surface area contributed by atoms with Crippen LogP contribution in [0.1, 0.15) is 19.4 Å². The molecule has 0 aliphatic carbocycles. The van der Waals surface area contributed by atoms with Crippen molar-refractivity contribution in [3.63, 3.8) is 0 Å². The molecule has 1 aromatic rings. The summed E-state index contributed by atoms with van der Waals surface area (Å²) in [4.78, 5) is 23.2. The summed E-state index contributed by atoms with van der Waals surface area (Å²) >= 11 is 6.21. The van der Waals surface area contributed by atoms with Crippen LogP contribution in [-0.2, 0) is 9.53 Å². The van der Waals surface area contributed by atoms with Crippen LogP contribution in [0.2, 0.25) is 5.02 Å². The molecule has 0 radical (unpaired) electrons. The minimum atomic E-state index is -0.951. The van der Waals surface area contributed by atoms with E-state index in [1.165, 1.54) is 0 Å². The largest absolute Gasteiger partial charge is 0.494 e. The molecule has 1 rings (SSSR count). The molecule has 25 heavy (non-hydrogen) atoms. The van der Waals surface area contributed by atoms with E-state index in [1.807, 2.05) is 12.2 Å². The molecule has 9 heteroatoms. The third-order valence-electron chi connectivity index (χ3n) is 2.92. The molecule has 1 aromatic carbocycles. The minimum Gasteiger partial charge on any atom is -0.494 e. The Bertz CT molecular complexity index is 704. The molecule has 0 aromatic heterocycles. The number of amides is 2. The van der Waals surface area contributed by atoms with E-state index in [0.29, 0.717) is 23.6 Å². The van der Waals surface area contributed by atoms with Gasteiger partial charge in [-0.15, -0.1) is 0 Å². The van der Waals surface area contributed by atoms with Gasteiger partial charge in [-0.05, 0) is 32.4 Å². The van der Waals surface area contributed by atoms with Gasteiger partial charge in [-0.3, -0.25) is 15.1 Å². The Kier molecular flexibility index (Phi) is 7.72. The molecule has 0 saturated carbocycles. The fourth-order valence-electron chi connectivity index (χ4n) is 1.95. The number of imide groups is 1. The number of hydrogen-bond acceptors (Lipinski definition) is 7. The fraction of sp³-hybridized carbons (Fsp3) is 0.312. The second-order valence-corrected chi connectivity index (χ2v) is 5.15. The van der Waals surface area contributed by atoms with Gasteiger partial charge in [0.05, 0.1) is 23.9 Å². The van der Waals surface area contributed by atoms with Crippen molar-refractivity contribution >= 4 is 29.3 Å². The number of ether oxygens (including phenoxy) is 2. The molecule has 0 spiro atoms. The minimum absolute atomic E-state index is 0.0920. The number of aryl methyl sites for hydroxylation is 1. The molecular formula is C16H19ClN4O4. The number of nitrogens with one attached hydrogen (secondary N) is 1. The second kappa shape index (κ2) is 9.52. The van der Waals surface area contributed by atoms with Crippen molar-refractivity contribution in [1.29, 1.82) is 5.26 Å². The summed E-state index contributed by atoms with van der Waals surface area (Å²) < 4.78 is 9.97. The van der Waals surface area contributed by atoms with Crippen LogP contribution in [0.15, 0.2) is 23.9 Å². The van der Waals surface area contributed by atoms with Gasteiger partial charge in [0, 0.05) is 12.3 Å². The van der Waals surface area contributed by atoms with Gasteiger partial charge in [0.25, 0.3) is 5.91 Å². The number of hydrazine groups is 1. The number of nitriles is 1. The first-order valence-electron chi connectivity index (χ1n) is 7.40. The number of carbonyl (C=O) groups is 2. The predicted octanol–water partition coefficient (Wildman–Crippen LogP) is 2.41. The van der Waals surface area contributed by atoms with Gasteiger partial charge in [-0.1, -0.05) is 11.6 Å². The Morgan fingerprint density at radius 3 is 2.60 bits per heavy atom. The standard InChI is InChI=1S/C16H19ClN4O4/c1-4-24-12-6-10(3)14(13(17)7-12)21(19)9-11(8-18)15(22)20-16(23)25-5-2/h6-7,9H,4-5,19H2,1-3H3,(H,20,22,23)/b11-9-. The first-order valence-corrected chi connectivity index (χ1v) is 7.78. The highest BCUT2D eigenvalue weighted by atomic mass is 35.5. The average Bonchev–Trinajstić information content (AvgIpc) is 2.52. The Morgan fingerprint density at radius 1 is 1.40 bits per heavy atom. The molecule has 3 N–H and O–H groups in total. The quantitative estimate of drug-likeness (QED) is 0.343. The lowest BCUT2D eigenvalue weighted by atomic mass is 10.1. The number of anilines is 1. The van der Waals surface area contributed by atoms with Crippen molar-refractivity contribution in [2.45, 2.75) is 20.8 Å². The summed E-state index contributed by atoms with van der Waals surface area (Å²) in [5, 5.41) is 12.4. The zero-order valence-corrected chi connectivity index (χ0v) is 14.9. The Hall–Kier alpha value is -2.76. The van der Waals surface area contributed by atoms with Gasteiger partial charge < -0.3 is 9.47 Å². The van der Waals surface area contributed by atoms with Gasteiger partial charge in [-0.25, -0.2) is 10.6 Å². The predicted molar refractivity (Wildman–Crippen MR) is 92.9 cm³/mol. The molecule has 0 aliphatic rings. The number of benzene rings is 1. The molecule has 0 fully saturated rings. The lowest BCUT2D eigenvalue weighted by Crippen LogP contribution is -2.34. The number of alkyl carbamates (subject to hydrolysis) is 1. The lowest BCUT2D eigenvalue weighted by molar-refractivity contribution is -0.116. The number of carbonyl (C=O) groups excluding carboxylic acids is 2. The van der Waals surface area contributed by atoms with E-state index in [9.17, 15) is 9.59 Å². The summed E-state index contributed by atoms with van der Waals surface area (Å²) in [7, 11) is 0. The van der Waals surface area contributed by atoms with Crippen molar-refractivity contribution in [3.8, 4) is 11.8 Å². The highest BCUT2D eigenvalue weighted by molar-refractivity contribution is 6.33. The van der Waals surface area contributed by atoms with E-state index in [4.69, 9.17) is 27.4 Å². The molecular weight excluding hydrogens is 348 g/mol. The van der Waals surface area contributed by atoms with Crippen molar-refractivity contribution in [2.24, 2.45) is 5.84 Å². The molecule has 0 aliphatic heterocycles. The van der Waals surface area contributed by atoms with Crippen LogP contribution in [0.25, 0.3) is 0 Å². The van der Waals surface area contributed by atoms with E-state index < -0.39 is 12.0 Å². The number of rotatable bonds is 6. The van der Waals surface area contributed by atoms with Gasteiger partial charge in [0.15, 0.2) is 0 Å². The maximum absolute atomic E-state index is 11.9. The molecule has 134 valence electrons. The van der Waals surface area contributed by atoms with Crippen LogP contribution < -0.4 is 20.9 Å². The molecule has 8 nitrogen and oxygen atoms in total. The lowest BCUT2D eigenvalue weighted by Gasteiger charge is -2.19. The molecule has 0 unspecified atom stereocenters. The third kappa shape index (κ3) is 5.67. The molecule has 0 atom stereocenters. The number of hydrogen-bond donors (Lipinski definition) is 2. The zero-order valence-electron chi connectivity index (χ0n) is 14.1. The van der Waals surface area contributed by atoms with E-state index in [1.54, 1.807) is 32.0 Å². The van der Waals surface area contributed by atoms with Crippen molar-refractivity contribution < 1.29 is 19.1 Å². The monoisotopic (exact) mass is 366 g/mol. The van der Waals surface area contributed by atoms with Gasteiger partial charge in [-0.2, -0.15) is 5.26 Å². The maximum Gasteiger partial charge on any atom is 0.414 e. The van der Waals surface area contributed by atoms with Gasteiger partial charge in [0.2, 0.25) is 0 Å². The number of halogens is 1. The van der Waals surface area contributed by atoms with Crippen LogP contribution in [0.5, 0.6) is 5.75 Å². The Morgan fingerprint density at radius 2 is 2.08 bits per heavy atom. The Labute approximate surface area is 150 Å². The van der Waals surface area contributed by atoms with E-state index >= 15 is 0 Å². The highest BCUT2D eigenvalue weighted by Gasteiger charge is 2.17. The van der Waals surface area contributed by atoms with Gasteiger partial charge >= 0.3 is 6.09 Å². The summed E-state index contributed by atoms with van der Waals surface area (Å²) in [6.45, 7) is 5.75. The average molecular weight is 367 g/mol. The fourth-order valence-corrected chi connectivity index (χ4v) is 2.31. The van der Waals surface area contributed by atoms with Crippen LogP contribution in [0, 0.1) is 18.3 Å². The van der Waals surface area contributed by atoms with E-state index in [0.717, 1.165) is 11.2 Å². The number of nitrogens with zero attached hydrogens (tertiary/aromatic N) is 2. The van der Waals surface area contributed by atoms with Crippen molar-refractivity contribution in [1.82, 2.24) is 5.32 Å². The van der Waals surface area contributed by atoms with Crippen molar-refractivity contribution in [3.05, 3.63) is 34.5 Å². The van der Waals surface area contributed by atoms with Crippen LogP contribution in [0.4, 0.5) is 10.5 Å². The normalized spacial score (nSPS) is 10.6. The first kappa shape index (κ1) is 20.3. The van der Waals surface area contributed by atoms with E-state index in [2.05, 4.69) is 4.74 Å². The smallest absolute Gasteiger partial charge is 0.414 e. The highest BCUT2D eigenvalue weighted by Crippen LogP contribution is 2.33. The van der Waals surface area contributed by atoms with Crippen LogP contribution in [0.3, 0.4) is 0 Å². The SMILES string of the molecule is CCOC(=O)NC(=O)/C(C#N)=C\N(N)c1c(C)cc(OCC)cc1Cl. The molecule has 2 amide bonds. The van der Waals surface area contributed by atoms with Crippen LogP contribution in [-0.4, -0.2) is 25.2 Å².